The number of hydrogen-bond donors (Lipinski definition) is 1. The van der Waals surface area contributed by atoms with Gasteiger partial charge >= 0.3 is 0 Å². The first-order valence-corrected chi connectivity index (χ1v) is 6.77. The Kier molecular flexibility index (Phi) is 3.77. The first-order valence-electron chi connectivity index (χ1n) is 5.89. The molecule has 5 nitrogen and oxygen atoms in total. The van der Waals surface area contributed by atoms with Crippen LogP contribution in [-0.2, 0) is 6.42 Å². The summed E-state index contributed by atoms with van der Waals surface area (Å²) in [6.07, 6.45) is 2.48. The minimum Gasteiger partial charge on any atom is -0.339 e. The van der Waals surface area contributed by atoms with Crippen molar-refractivity contribution in [2.45, 2.75) is 33.2 Å². The Hall–Kier alpha value is -1.27. The summed E-state index contributed by atoms with van der Waals surface area (Å²) in [6.45, 7) is 6.57. The zero-order valence-electron chi connectivity index (χ0n) is 11.1. The van der Waals surface area contributed by atoms with E-state index in [0.29, 0.717) is 17.8 Å². The van der Waals surface area contributed by atoms with Crippen molar-refractivity contribution >= 4 is 11.3 Å². The molecule has 0 aliphatic rings. The van der Waals surface area contributed by atoms with Gasteiger partial charge in [-0.3, -0.25) is 4.98 Å². The van der Waals surface area contributed by atoms with Gasteiger partial charge in [0.05, 0.1) is 10.4 Å². The topological polar surface area (TPSA) is 63.8 Å². The van der Waals surface area contributed by atoms with Gasteiger partial charge in [0, 0.05) is 18.7 Å². The number of nitrogens with one attached hydrogen (secondary N) is 1. The molecule has 0 aliphatic heterocycles. The predicted octanol–water partition coefficient (Wildman–Crippen LogP) is 2.37. The molecule has 0 spiro atoms. The maximum absolute atomic E-state index is 5.29. The number of aromatic nitrogens is 3. The molecule has 0 saturated heterocycles. The highest BCUT2D eigenvalue weighted by molar-refractivity contribution is 7.13. The maximum atomic E-state index is 5.29. The standard InChI is InChI=1S/C12H18N4OS/c1-12(2,3)9(13-4)5-10-15-11(16-17-10)8-6-14-7-18-8/h6-7,9,13H,5H2,1-4H3. The highest BCUT2D eigenvalue weighted by atomic mass is 32.1. The van der Waals surface area contributed by atoms with E-state index in [1.54, 1.807) is 11.7 Å². The normalized spacial score (nSPS) is 13.8. The average molecular weight is 266 g/mol. The lowest BCUT2D eigenvalue weighted by atomic mass is 9.85. The summed E-state index contributed by atoms with van der Waals surface area (Å²) >= 11 is 1.51. The van der Waals surface area contributed by atoms with Crippen LogP contribution in [0.3, 0.4) is 0 Å². The van der Waals surface area contributed by atoms with Gasteiger partial charge in [-0.2, -0.15) is 4.98 Å². The van der Waals surface area contributed by atoms with Crippen LogP contribution in [0.5, 0.6) is 0 Å². The van der Waals surface area contributed by atoms with E-state index in [4.69, 9.17) is 4.52 Å². The Morgan fingerprint density at radius 3 is 2.78 bits per heavy atom. The van der Waals surface area contributed by atoms with Gasteiger partial charge in [0.15, 0.2) is 0 Å². The second-order valence-electron chi connectivity index (χ2n) is 5.29. The van der Waals surface area contributed by atoms with Gasteiger partial charge in [0.2, 0.25) is 11.7 Å². The molecule has 1 atom stereocenters. The SMILES string of the molecule is CNC(Cc1nc(-c2cncs2)no1)C(C)(C)C. The Bertz CT molecular complexity index is 486. The van der Waals surface area contributed by atoms with E-state index in [9.17, 15) is 0 Å². The van der Waals surface area contributed by atoms with Crippen molar-refractivity contribution in [2.24, 2.45) is 5.41 Å². The maximum Gasteiger partial charge on any atom is 0.228 e. The van der Waals surface area contributed by atoms with E-state index < -0.39 is 0 Å². The van der Waals surface area contributed by atoms with Crippen LogP contribution in [0, 0.1) is 5.41 Å². The fourth-order valence-electron chi connectivity index (χ4n) is 1.78. The highest BCUT2D eigenvalue weighted by Crippen LogP contribution is 2.24. The molecule has 2 aromatic rings. The van der Waals surface area contributed by atoms with E-state index in [1.165, 1.54) is 11.3 Å². The minimum atomic E-state index is 0.147. The molecule has 2 aromatic heterocycles. The summed E-state index contributed by atoms with van der Waals surface area (Å²) in [5.41, 5.74) is 1.91. The molecule has 0 saturated carbocycles. The molecule has 6 heteroatoms. The van der Waals surface area contributed by atoms with E-state index in [-0.39, 0.29) is 5.41 Å². The number of nitrogens with zero attached hydrogens (tertiary/aromatic N) is 3. The summed E-state index contributed by atoms with van der Waals surface area (Å²) in [6, 6.07) is 0.298. The Morgan fingerprint density at radius 1 is 1.44 bits per heavy atom. The number of thiazole rings is 1. The van der Waals surface area contributed by atoms with Crippen LogP contribution in [0.2, 0.25) is 0 Å². The lowest BCUT2D eigenvalue weighted by Gasteiger charge is -2.29. The summed E-state index contributed by atoms with van der Waals surface area (Å²) in [4.78, 5) is 9.35. The second-order valence-corrected chi connectivity index (χ2v) is 6.18. The van der Waals surface area contributed by atoms with Crippen molar-refractivity contribution in [3.8, 4) is 10.7 Å². The molecule has 0 aliphatic carbocycles. The van der Waals surface area contributed by atoms with E-state index in [2.05, 4.69) is 41.2 Å². The third kappa shape index (κ3) is 2.94. The van der Waals surface area contributed by atoms with Gasteiger partial charge in [-0.25, -0.2) is 0 Å². The number of rotatable bonds is 4. The minimum absolute atomic E-state index is 0.147. The fraction of sp³-hybridized carbons (Fsp3) is 0.583. The van der Waals surface area contributed by atoms with Gasteiger partial charge in [-0.05, 0) is 12.5 Å². The largest absolute Gasteiger partial charge is 0.339 e. The van der Waals surface area contributed by atoms with Crippen molar-refractivity contribution in [3.05, 3.63) is 17.6 Å². The highest BCUT2D eigenvalue weighted by Gasteiger charge is 2.25. The molecule has 0 bridgehead atoms. The third-order valence-electron chi connectivity index (χ3n) is 2.89. The van der Waals surface area contributed by atoms with Gasteiger partial charge in [0.25, 0.3) is 0 Å². The predicted molar refractivity (Wildman–Crippen MR) is 71.4 cm³/mol. The molecule has 0 amide bonds. The molecule has 0 radical (unpaired) electrons. The van der Waals surface area contributed by atoms with Crippen molar-refractivity contribution in [1.29, 1.82) is 0 Å². The van der Waals surface area contributed by atoms with Crippen LogP contribution in [0.1, 0.15) is 26.7 Å². The van der Waals surface area contributed by atoms with Gasteiger partial charge < -0.3 is 9.84 Å². The molecule has 1 unspecified atom stereocenters. The summed E-state index contributed by atoms with van der Waals surface area (Å²) in [5.74, 6) is 1.28. The summed E-state index contributed by atoms with van der Waals surface area (Å²) in [7, 11) is 1.95. The molecule has 2 heterocycles. The summed E-state index contributed by atoms with van der Waals surface area (Å²) in [5, 5.41) is 7.28. The van der Waals surface area contributed by atoms with Crippen LogP contribution in [0.25, 0.3) is 10.7 Å². The molecular weight excluding hydrogens is 248 g/mol. The Balaban J connectivity index is 2.11. The molecule has 0 fully saturated rings. The third-order valence-corrected chi connectivity index (χ3v) is 3.66. The van der Waals surface area contributed by atoms with Crippen LogP contribution in [0.4, 0.5) is 0 Å². The zero-order chi connectivity index (χ0) is 13.2. The van der Waals surface area contributed by atoms with Crippen LogP contribution < -0.4 is 5.32 Å². The van der Waals surface area contributed by atoms with Crippen molar-refractivity contribution in [2.75, 3.05) is 7.05 Å². The fourth-order valence-corrected chi connectivity index (χ4v) is 2.33. The average Bonchev–Trinajstić information content (AvgIpc) is 2.94. The summed E-state index contributed by atoms with van der Waals surface area (Å²) < 4.78 is 5.29. The lowest BCUT2D eigenvalue weighted by molar-refractivity contribution is 0.255. The molecule has 98 valence electrons. The van der Waals surface area contributed by atoms with Crippen LogP contribution in [0.15, 0.2) is 16.2 Å². The monoisotopic (exact) mass is 266 g/mol. The van der Waals surface area contributed by atoms with E-state index >= 15 is 0 Å². The van der Waals surface area contributed by atoms with E-state index in [1.807, 2.05) is 7.05 Å². The lowest BCUT2D eigenvalue weighted by Crippen LogP contribution is -2.39. The molecule has 0 aromatic carbocycles. The first kappa shape index (κ1) is 13.2. The van der Waals surface area contributed by atoms with Crippen molar-refractivity contribution in [3.63, 3.8) is 0 Å². The number of likely N-dealkylation sites (N-methyl/N-ethyl adjacent to an activating group) is 1. The molecular formula is C12H18N4OS. The Morgan fingerprint density at radius 2 is 2.22 bits per heavy atom. The zero-order valence-corrected chi connectivity index (χ0v) is 11.9. The van der Waals surface area contributed by atoms with Gasteiger partial charge in [-0.1, -0.05) is 25.9 Å². The van der Waals surface area contributed by atoms with Crippen molar-refractivity contribution in [1.82, 2.24) is 20.4 Å². The van der Waals surface area contributed by atoms with Crippen LogP contribution in [-0.4, -0.2) is 28.2 Å². The van der Waals surface area contributed by atoms with Gasteiger partial charge in [0.1, 0.15) is 0 Å². The van der Waals surface area contributed by atoms with E-state index in [0.717, 1.165) is 11.3 Å². The Labute approximate surface area is 111 Å². The second kappa shape index (κ2) is 5.16. The molecule has 2 rings (SSSR count). The number of hydrogen-bond acceptors (Lipinski definition) is 6. The molecule has 1 N–H and O–H groups in total. The van der Waals surface area contributed by atoms with Crippen LogP contribution >= 0.6 is 11.3 Å². The van der Waals surface area contributed by atoms with Gasteiger partial charge in [-0.15, -0.1) is 11.3 Å². The molecule has 18 heavy (non-hydrogen) atoms. The quantitative estimate of drug-likeness (QED) is 0.920. The van der Waals surface area contributed by atoms with Crippen molar-refractivity contribution < 1.29 is 4.52 Å². The first-order chi connectivity index (χ1) is 8.50. The smallest absolute Gasteiger partial charge is 0.228 e.